The molecule has 1 fully saturated rings. The fraction of sp³-hybridized carbons (Fsp3) is 0.611. The highest BCUT2D eigenvalue weighted by molar-refractivity contribution is 6.30. The molecule has 1 aromatic carbocycles. The van der Waals surface area contributed by atoms with E-state index in [-0.39, 0.29) is 11.6 Å². The van der Waals surface area contributed by atoms with Gasteiger partial charge >= 0.3 is 0 Å². The summed E-state index contributed by atoms with van der Waals surface area (Å²) in [7, 11) is 0. The summed E-state index contributed by atoms with van der Waals surface area (Å²) in [5.74, 6) is 0.503. The zero-order valence-corrected chi connectivity index (χ0v) is 15.6. The average Bonchev–Trinajstić information content (AvgIpc) is 2.54. The molecule has 0 amide bonds. The smallest absolute Gasteiger partial charge is 0.188 e. The number of morpholine rings is 1. The van der Waals surface area contributed by atoms with Gasteiger partial charge in [0.25, 0.3) is 0 Å². The Labute approximate surface area is 150 Å². The van der Waals surface area contributed by atoms with Gasteiger partial charge in [-0.15, -0.1) is 0 Å². The number of nitrogens with one attached hydrogen (secondary N) is 1. The van der Waals surface area contributed by atoms with Gasteiger partial charge in [0.05, 0.1) is 24.8 Å². The largest absolute Gasteiger partial charge is 0.373 e. The SMILES string of the molecule is CCCNC(N)=NCC(c1ccc(Cl)cc1)N1CCOC(C)(C)C1. The van der Waals surface area contributed by atoms with Crippen LogP contribution >= 0.6 is 11.6 Å². The molecule has 0 spiro atoms. The minimum Gasteiger partial charge on any atom is -0.373 e. The molecular weight excluding hydrogens is 324 g/mol. The standard InChI is InChI=1S/C18H29ClN4O/c1-4-9-21-17(20)22-12-16(14-5-7-15(19)8-6-14)23-10-11-24-18(2,3)13-23/h5-8,16H,4,9-13H2,1-3H3,(H3,20,21,22). The van der Waals surface area contributed by atoms with Crippen molar-refractivity contribution in [1.82, 2.24) is 10.2 Å². The molecule has 1 atom stereocenters. The number of aliphatic imine (C=N–C) groups is 1. The summed E-state index contributed by atoms with van der Waals surface area (Å²) in [4.78, 5) is 6.97. The van der Waals surface area contributed by atoms with Crippen molar-refractivity contribution in [3.05, 3.63) is 34.9 Å². The van der Waals surface area contributed by atoms with Crippen molar-refractivity contribution >= 4 is 17.6 Å². The Morgan fingerprint density at radius 1 is 1.42 bits per heavy atom. The molecule has 0 saturated carbocycles. The minimum atomic E-state index is -0.154. The Kier molecular flexibility index (Phi) is 6.90. The van der Waals surface area contributed by atoms with Gasteiger partial charge in [-0.3, -0.25) is 9.89 Å². The van der Waals surface area contributed by atoms with E-state index in [2.05, 4.69) is 48.1 Å². The van der Waals surface area contributed by atoms with Gasteiger partial charge in [-0.25, -0.2) is 0 Å². The first-order valence-electron chi connectivity index (χ1n) is 8.58. The van der Waals surface area contributed by atoms with E-state index in [1.54, 1.807) is 0 Å². The zero-order chi connectivity index (χ0) is 17.6. The van der Waals surface area contributed by atoms with Crippen LogP contribution in [-0.4, -0.2) is 49.2 Å². The Morgan fingerprint density at radius 2 is 2.12 bits per heavy atom. The highest BCUT2D eigenvalue weighted by Crippen LogP contribution is 2.28. The Bertz CT molecular complexity index is 544. The molecule has 1 aliphatic heterocycles. The van der Waals surface area contributed by atoms with Crippen LogP contribution in [0, 0.1) is 0 Å². The van der Waals surface area contributed by atoms with Crippen molar-refractivity contribution in [2.24, 2.45) is 10.7 Å². The molecule has 5 nitrogen and oxygen atoms in total. The maximum atomic E-state index is 6.04. The molecule has 3 N–H and O–H groups in total. The van der Waals surface area contributed by atoms with Gasteiger partial charge in [0.1, 0.15) is 0 Å². The molecule has 0 radical (unpaired) electrons. The first-order chi connectivity index (χ1) is 11.4. The fourth-order valence-corrected chi connectivity index (χ4v) is 3.06. The molecule has 1 aromatic rings. The van der Waals surface area contributed by atoms with Gasteiger partial charge in [-0.2, -0.15) is 0 Å². The summed E-state index contributed by atoms with van der Waals surface area (Å²) < 4.78 is 5.84. The van der Waals surface area contributed by atoms with Crippen LogP contribution in [-0.2, 0) is 4.74 Å². The van der Waals surface area contributed by atoms with Crippen molar-refractivity contribution < 1.29 is 4.74 Å². The lowest BCUT2D eigenvalue weighted by Crippen LogP contribution is -2.50. The van der Waals surface area contributed by atoms with E-state index in [0.29, 0.717) is 12.5 Å². The lowest BCUT2D eigenvalue weighted by atomic mass is 10.0. The minimum absolute atomic E-state index is 0.154. The van der Waals surface area contributed by atoms with Gasteiger partial charge in [-0.05, 0) is 38.0 Å². The summed E-state index contributed by atoms with van der Waals surface area (Å²) in [5.41, 5.74) is 7.01. The lowest BCUT2D eigenvalue weighted by Gasteiger charge is -2.42. The number of benzene rings is 1. The number of halogens is 1. The molecule has 134 valence electrons. The van der Waals surface area contributed by atoms with E-state index >= 15 is 0 Å². The maximum absolute atomic E-state index is 6.04. The molecule has 24 heavy (non-hydrogen) atoms. The molecule has 1 unspecified atom stereocenters. The molecule has 2 rings (SSSR count). The molecule has 1 saturated heterocycles. The van der Waals surface area contributed by atoms with Crippen LogP contribution < -0.4 is 11.1 Å². The van der Waals surface area contributed by atoms with E-state index in [4.69, 9.17) is 22.1 Å². The molecule has 6 heteroatoms. The van der Waals surface area contributed by atoms with Gasteiger partial charge in [-0.1, -0.05) is 30.7 Å². The molecule has 0 aliphatic carbocycles. The Hall–Kier alpha value is -1.30. The molecule has 1 heterocycles. The van der Waals surface area contributed by atoms with Crippen molar-refractivity contribution in [2.45, 2.75) is 38.8 Å². The first kappa shape index (κ1) is 19.0. The second kappa shape index (κ2) is 8.70. The topological polar surface area (TPSA) is 62.9 Å². The number of hydrogen-bond acceptors (Lipinski definition) is 3. The molecule has 0 bridgehead atoms. The number of hydrogen-bond donors (Lipinski definition) is 2. The monoisotopic (exact) mass is 352 g/mol. The average molecular weight is 353 g/mol. The maximum Gasteiger partial charge on any atom is 0.188 e. The third-order valence-corrected chi connectivity index (χ3v) is 4.39. The fourth-order valence-electron chi connectivity index (χ4n) is 2.93. The van der Waals surface area contributed by atoms with Crippen LogP contribution in [0.5, 0.6) is 0 Å². The summed E-state index contributed by atoms with van der Waals surface area (Å²) in [6.45, 7) is 10.3. The third-order valence-electron chi connectivity index (χ3n) is 4.14. The second-order valence-corrected chi connectivity index (χ2v) is 7.24. The normalized spacial score (nSPS) is 19.9. The van der Waals surface area contributed by atoms with Gasteiger partial charge in [0, 0.05) is 24.7 Å². The summed E-state index contributed by atoms with van der Waals surface area (Å²) in [6.07, 6.45) is 1.02. The van der Waals surface area contributed by atoms with E-state index in [1.807, 2.05) is 12.1 Å². The van der Waals surface area contributed by atoms with Crippen LogP contribution in [0.3, 0.4) is 0 Å². The van der Waals surface area contributed by atoms with Crippen molar-refractivity contribution in [3.8, 4) is 0 Å². The van der Waals surface area contributed by atoms with Crippen LogP contribution in [0.2, 0.25) is 5.02 Å². The van der Waals surface area contributed by atoms with Crippen LogP contribution in [0.15, 0.2) is 29.3 Å². The highest BCUT2D eigenvalue weighted by atomic mass is 35.5. The predicted molar refractivity (Wildman–Crippen MR) is 101 cm³/mol. The highest BCUT2D eigenvalue weighted by Gasteiger charge is 2.32. The quantitative estimate of drug-likeness (QED) is 0.610. The number of rotatable bonds is 6. The van der Waals surface area contributed by atoms with Crippen LogP contribution in [0.4, 0.5) is 0 Å². The van der Waals surface area contributed by atoms with E-state index in [0.717, 1.165) is 37.7 Å². The van der Waals surface area contributed by atoms with Gasteiger partial charge in [0.2, 0.25) is 0 Å². The van der Waals surface area contributed by atoms with Crippen LogP contribution in [0.1, 0.15) is 38.8 Å². The molecular formula is C18H29ClN4O. The van der Waals surface area contributed by atoms with Gasteiger partial charge < -0.3 is 15.8 Å². The molecule has 1 aliphatic rings. The summed E-state index contributed by atoms with van der Waals surface area (Å²) >= 11 is 6.04. The third kappa shape index (κ3) is 5.65. The lowest BCUT2D eigenvalue weighted by molar-refractivity contribution is -0.0967. The number of guanidine groups is 1. The molecule has 0 aromatic heterocycles. The van der Waals surface area contributed by atoms with Crippen molar-refractivity contribution in [3.63, 3.8) is 0 Å². The Morgan fingerprint density at radius 3 is 2.75 bits per heavy atom. The van der Waals surface area contributed by atoms with E-state index < -0.39 is 0 Å². The van der Waals surface area contributed by atoms with Gasteiger partial charge in [0.15, 0.2) is 5.96 Å². The number of nitrogens with two attached hydrogens (primary N) is 1. The Balaban J connectivity index is 2.16. The van der Waals surface area contributed by atoms with E-state index in [9.17, 15) is 0 Å². The van der Waals surface area contributed by atoms with Crippen LogP contribution in [0.25, 0.3) is 0 Å². The predicted octanol–water partition coefficient (Wildman–Crippen LogP) is 2.81. The summed E-state index contributed by atoms with van der Waals surface area (Å²) in [5, 5.41) is 3.87. The zero-order valence-electron chi connectivity index (χ0n) is 14.9. The van der Waals surface area contributed by atoms with E-state index in [1.165, 1.54) is 5.56 Å². The number of ether oxygens (including phenoxy) is 1. The number of nitrogens with zero attached hydrogens (tertiary/aromatic N) is 2. The summed E-state index contributed by atoms with van der Waals surface area (Å²) in [6, 6.07) is 8.16. The second-order valence-electron chi connectivity index (χ2n) is 6.80. The van der Waals surface area contributed by atoms with Crippen molar-refractivity contribution in [2.75, 3.05) is 32.8 Å². The first-order valence-corrected chi connectivity index (χ1v) is 8.96. The van der Waals surface area contributed by atoms with Crippen molar-refractivity contribution in [1.29, 1.82) is 0 Å².